The van der Waals surface area contributed by atoms with Gasteiger partial charge in [0.1, 0.15) is 0 Å². The number of nitriles is 1. The number of hydrogen-bond acceptors (Lipinski definition) is 2. The van der Waals surface area contributed by atoms with Gasteiger partial charge in [0.25, 0.3) is 0 Å². The van der Waals surface area contributed by atoms with Gasteiger partial charge in [-0.3, -0.25) is 0 Å². The van der Waals surface area contributed by atoms with E-state index >= 15 is 0 Å². The molecule has 0 bridgehead atoms. The van der Waals surface area contributed by atoms with Crippen LogP contribution in [0.5, 0.6) is 0 Å². The highest BCUT2D eigenvalue weighted by Gasteiger charge is 2.06. The lowest BCUT2D eigenvalue weighted by molar-refractivity contribution is 1.27. The number of halogens is 1. The van der Waals surface area contributed by atoms with Gasteiger partial charge in [-0.1, -0.05) is 12.1 Å². The van der Waals surface area contributed by atoms with Crippen LogP contribution in [0.3, 0.4) is 0 Å². The van der Waals surface area contributed by atoms with Gasteiger partial charge in [0.2, 0.25) is 0 Å². The lowest BCUT2D eigenvalue weighted by Crippen LogP contribution is -1.79. The van der Waals surface area contributed by atoms with Crippen LogP contribution < -0.4 is 0 Å². The van der Waals surface area contributed by atoms with Crippen LogP contribution in [0.4, 0.5) is 0 Å². The number of benzene rings is 1. The molecule has 0 spiro atoms. The van der Waals surface area contributed by atoms with Gasteiger partial charge in [0.15, 0.2) is 0 Å². The van der Waals surface area contributed by atoms with E-state index in [-0.39, 0.29) is 0 Å². The van der Waals surface area contributed by atoms with Gasteiger partial charge in [-0.15, -0.1) is 11.3 Å². The van der Waals surface area contributed by atoms with Gasteiger partial charge in [-0.05, 0) is 41.1 Å². The predicted octanol–water partition coefficient (Wildman–Crippen LogP) is 3.88. The first-order chi connectivity index (χ1) is 6.72. The Bertz CT molecular complexity index is 522. The molecule has 14 heavy (non-hydrogen) atoms. The van der Waals surface area contributed by atoms with Crippen LogP contribution in [0.1, 0.15) is 10.4 Å². The first-order valence-electron chi connectivity index (χ1n) is 4.27. The Hall–Kier alpha value is -0.600. The summed E-state index contributed by atoms with van der Waals surface area (Å²) in [4.78, 5) is 1.36. The molecule has 0 aliphatic rings. The number of hydrogen-bond donors (Lipinski definition) is 0. The van der Waals surface area contributed by atoms with E-state index in [0.717, 1.165) is 5.56 Å². The fourth-order valence-electron chi connectivity index (χ4n) is 1.43. The van der Waals surface area contributed by atoms with Crippen molar-refractivity contribution in [3.63, 3.8) is 0 Å². The van der Waals surface area contributed by atoms with Crippen molar-refractivity contribution in [3.05, 3.63) is 32.2 Å². The van der Waals surface area contributed by atoms with Crippen LogP contribution in [0, 0.1) is 21.8 Å². The van der Waals surface area contributed by atoms with Gasteiger partial charge in [-0.25, -0.2) is 0 Å². The zero-order valence-corrected chi connectivity index (χ0v) is 10.6. The first-order valence-corrected chi connectivity index (χ1v) is 6.16. The molecule has 0 aliphatic carbocycles. The summed E-state index contributed by atoms with van der Waals surface area (Å²) in [5, 5.41) is 9.92. The molecule has 1 heterocycles. The standard InChI is InChI=1S/C11H8INS/c1-7-11(12)9-3-2-8(4-5-13)6-10(9)14-7/h2-3,6H,4H2,1H3. The van der Waals surface area contributed by atoms with Crippen LogP contribution in [0.2, 0.25) is 0 Å². The summed E-state index contributed by atoms with van der Waals surface area (Å²) < 4.78 is 2.63. The van der Waals surface area contributed by atoms with E-state index in [1.165, 1.54) is 18.5 Å². The third-order valence-corrected chi connectivity index (χ3v) is 4.96. The Morgan fingerprint density at radius 2 is 2.29 bits per heavy atom. The van der Waals surface area contributed by atoms with Crippen molar-refractivity contribution in [2.45, 2.75) is 13.3 Å². The van der Waals surface area contributed by atoms with E-state index < -0.39 is 0 Å². The Kier molecular flexibility index (Phi) is 2.75. The van der Waals surface area contributed by atoms with E-state index in [9.17, 15) is 0 Å². The van der Waals surface area contributed by atoms with Crippen LogP contribution in [0.25, 0.3) is 10.1 Å². The molecular formula is C11H8INS. The SMILES string of the molecule is Cc1sc2cc(CC#N)ccc2c1I. The van der Waals surface area contributed by atoms with Crippen LogP contribution in [0.15, 0.2) is 18.2 Å². The van der Waals surface area contributed by atoms with Gasteiger partial charge in [-0.2, -0.15) is 5.26 Å². The number of fused-ring (bicyclic) bond motifs is 1. The van der Waals surface area contributed by atoms with Crippen LogP contribution in [-0.2, 0) is 6.42 Å². The van der Waals surface area contributed by atoms with Crippen molar-refractivity contribution < 1.29 is 0 Å². The molecule has 0 amide bonds. The maximum absolute atomic E-state index is 8.60. The molecule has 1 aromatic heterocycles. The Morgan fingerprint density at radius 3 is 3.00 bits per heavy atom. The first kappa shape index (κ1) is 9.94. The summed E-state index contributed by atoms with van der Waals surface area (Å²) >= 11 is 4.18. The third-order valence-electron chi connectivity index (χ3n) is 2.14. The highest BCUT2D eigenvalue weighted by Crippen LogP contribution is 2.32. The minimum absolute atomic E-state index is 0.503. The van der Waals surface area contributed by atoms with E-state index in [0.29, 0.717) is 6.42 Å². The minimum atomic E-state index is 0.503. The second-order valence-electron chi connectivity index (χ2n) is 3.14. The second-order valence-corrected chi connectivity index (χ2v) is 5.47. The molecule has 0 atom stereocenters. The Balaban J connectivity index is 2.63. The zero-order chi connectivity index (χ0) is 10.1. The zero-order valence-electron chi connectivity index (χ0n) is 7.67. The fraction of sp³-hybridized carbons (Fsp3) is 0.182. The number of rotatable bonds is 1. The van der Waals surface area contributed by atoms with Crippen molar-refractivity contribution >= 4 is 44.0 Å². The highest BCUT2D eigenvalue weighted by atomic mass is 127. The molecule has 1 nitrogen and oxygen atoms in total. The monoisotopic (exact) mass is 313 g/mol. The number of thiophene rings is 1. The summed E-state index contributed by atoms with van der Waals surface area (Å²) in [7, 11) is 0. The molecule has 0 radical (unpaired) electrons. The summed E-state index contributed by atoms with van der Waals surface area (Å²) in [6.45, 7) is 2.14. The van der Waals surface area contributed by atoms with E-state index in [4.69, 9.17) is 5.26 Å². The molecule has 2 rings (SSSR count). The molecular weight excluding hydrogens is 305 g/mol. The van der Waals surface area contributed by atoms with Gasteiger partial charge in [0.05, 0.1) is 12.5 Å². The molecule has 0 aliphatic heterocycles. The molecule has 3 heteroatoms. The summed E-state index contributed by atoms with van der Waals surface area (Å²) in [6.07, 6.45) is 0.503. The average molecular weight is 313 g/mol. The second kappa shape index (κ2) is 3.87. The van der Waals surface area contributed by atoms with Crippen molar-refractivity contribution in [1.29, 1.82) is 5.26 Å². The minimum Gasteiger partial charge on any atom is -0.198 e. The van der Waals surface area contributed by atoms with Crippen LogP contribution in [-0.4, -0.2) is 0 Å². The third kappa shape index (κ3) is 1.64. The molecule has 0 fully saturated rings. The smallest absolute Gasteiger partial charge is 0.0669 e. The van der Waals surface area contributed by atoms with E-state index in [1.54, 1.807) is 11.3 Å². The van der Waals surface area contributed by atoms with Gasteiger partial charge >= 0.3 is 0 Å². The van der Waals surface area contributed by atoms with Crippen molar-refractivity contribution in [2.75, 3.05) is 0 Å². The molecule has 2 aromatic rings. The summed E-state index contributed by atoms with van der Waals surface area (Å²) in [6, 6.07) is 8.46. The number of nitrogens with zero attached hydrogens (tertiary/aromatic N) is 1. The maximum atomic E-state index is 8.60. The normalized spacial score (nSPS) is 10.4. The van der Waals surface area contributed by atoms with Crippen molar-refractivity contribution in [3.8, 4) is 6.07 Å². The lowest BCUT2D eigenvalue weighted by Gasteiger charge is -1.94. The molecule has 0 saturated carbocycles. The van der Waals surface area contributed by atoms with E-state index in [1.807, 2.05) is 6.07 Å². The summed E-state index contributed by atoms with van der Waals surface area (Å²) in [5.74, 6) is 0. The molecule has 70 valence electrons. The van der Waals surface area contributed by atoms with Gasteiger partial charge in [0, 0.05) is 18.5 Å². The fourth-order valence-corrected chi connectivity index (χ4v) is 3.44. The molecule has 1 aromatic carbocycles. The Labute approximate surface area is 101 Å². The maximum Gasteiger partial charge on any atom is 0.0669 e. The Morgan fingerprint density at radius 1 is 1.50 bits per heavy atom. The largest absolute Gasteiger partial charge is 0.198 e. The molecule has 0 unspecified atom stereocenters. The quantitative estimate of drug-likeness (QED) is 0.733. The lowest BCUT2D eigenvalue weighted by atomic mass is 10.1. The van der Waals surface area contributed by atoms with E-state index in [2.05, 4.69) is 47.7 Å². The topological polar surface area (TPSA) is 23.8 Å². The number of aryl methyl sites for hydroxylation is 1. The predicted molar refractivity (Wildman–Crippen MR) is 68.6 cm³/mol. The molecule has 0 saturated heterocycles. The van der Waals surface area contributed by atoms with Gasteiger partial charge < -0.3 is 0 Å². The van der Waals surface area contributed by atoms with Crippen molar-refractivity contribution in [2.24, 2.45) is 0 Å². The van der Waals surface area contributed by atoms with Crippen LogP contribution >= 0.6 is 33.9 Å². The van der Waals surface area contributed by atoms with Crippen molar-refractivity contribution in [1.82, 2.24) is 0 Å². The average Bonchev–Trinajstić information content (AvgIpc) is 2.43. The highest BCUT2D eigenvalue weighted by molar-refractivity contribution is 14.1. The summed E-state index contributed by atoms with van der Waals surface area (Å²) in [5.41, 5.74) is 1.11. The molecule has 0 N–H and O–H groups in total.